The number of hydrogen-bond acceptors (Lipinski definition) is 3. The minimum absolute atomic E-state index is 0.0530. The van der Waals surface area contributed by atoms with E-state index in [9.17, 15) is 53.5 Å². The zero-order valence-corrected chi connectivity index (χ0v) is 21.5. The van der Waals surface area contributed by atoms with Gasteiger partial charge in [0.2, 0.25) is 0 Å². The van der Waals surface area contributed by atoms with Crippen LogP contribution in [0, 0.1) is 5.82 Å². The van der Waals surface area contributed by atoms with E-state index in [1.807, 2.05) is 0 Å². The van der Waals surface area contributed by atoms with Crippen molar-refractivity contribution >= 4 is 39.1 Å². The van der Waals surface area contributed by atoms with Gasteiger partial charge < -0.3 is 10.2 Å². The summed E-state index contributed by atoms with van der Waals surface area (Å²) in [5.74, 6) is -3.81. The number of amides is 2. The van der Waals surface area contributed by atoms with Crippen molar-refractivity contribution in [1.82, 2.24) is 4.98 Å². The van der Waals surface area contributed by atoms with Gasteiger partial charge in [-0.25, -0.2) is 8.78 Å². The Labute approximate surface area is 231 Å². The van der Waals surface area contributed by atoms with Gasteiger partial charge in [0.1, 0.15) is 0 Å². The molecule has 2 aromatic carbocycles. The van der Waals surface area contributed by atoms with Crippen LogP contribution in [0.25, 0.3) is 0 Å². The molecule has 0 bridgehead atoms. The molecule has 2 amide bonds. The Bertz CT molecular complexity index is 1460. The molecule has 1 aromatic heterocycles. The van der Waals surface area contributed by atoms with Gasteiger partial charge in [0, 0.05) is 35.0 Å². The lowest BCUT2D eigenvalue weighted by atomic mass is 9.92. The number of nitrogens with zero attached hydrogens (tertiary/aromatic N) is 2. The molecule has 3 aromatic rings. The molecule has 0 saturated carbocycles. The fourth-order valence-electron chi connectivity index (χ4n) is 3.58. The summed E-state index contributed by atoms with van der Waals surface area (Å²) in [6, 6.07) is 4.47. The molecule has 17 heteroatoms. The van der Waals surface area contributed by atoms with Crippen LogP contribution in [0.3, 0.4) is 0 Å². The third kappa shape index (κ3) is 5.99. The molecule has 0 atom stereocenters. The van der Waals surface area contributed by atoms with Crippen molar-refractivity contribution < 1.29 is 57.9 Å². The maximum absolute atomic E-state index is 15.3. The Morgan fingerprint density at radius 3 is 1.95 bits per heavy atom. The van der Waals surface area contributed by atoms with Crippen molar-refractivity contribution in [2.75, 3.05) is 17.3 Å². The zero-order valence-electron chi connectivity index (χ0n) is 19.9. The molecule has 5 nitrogen and oxygen atoms in total. The first-order valence-electron chi connectivity index (χ1n) is 10.7. The van der Waals surface area contributed by atoms with Gasteiger partial charge in [-0.2, -0.15) is 39.5 Å². The molecule has 41 heavy (non-hydrogen) atoms. The molecule has 1 N–H and O–H groups in total. The number of rotatable bonds is 5. The smallest absolute Gasteiger partial charge is 0.320 e. The second kappa shape index (κ2) is 10.9. The highest BCUT2D eigenvalue weighted by molar-refractivity contribution is 9.10. The molecule has 0 spiro atoms. The highest BCUT2D eigenvalue weighted by Gasteiger charge is 2.73. The minimum atomic E-state index is -6.72. The molecular weight excluding hydrogens is 651 g/mol. The van der Waals surface area contributed by atoms with Gasteiger partial charge in [0.15, 0.2) is 5.82 Å². The largest absolute Gasteiger partial charge is 0.435 e. The van der Waals surface area contributed by atoms with Gasteiger partial charge >= 0.3 is 24.2 Å². The van der Waals surface area contributed by atoms with E-state index in [1.165, 1.54) is 24.5 Å². The van der Waals surface area contributed by atoms with E-state index < -0.39 is 80.4 Å². The second-order valence-corrected chi connectivity index (χ2v) is 9.08. The third-order valence-corrected chi connectivity index (χ3v) is 6.25. The third-order valence-electron chi connectivity index (χ3n) is 5.63. The maximum Gasteiger partial charge on any atom is 0.435 e. The summed E-state index contributed by atoms with van der Waals surface area (Å²) in [6.45, 7) is 0. The fourth-order valence-corrected chi connectivity index (χ4v) is 4.14. The standard InChI is InChI=1S/C24H13BrF11N3O2/c1-39(20(41)11-5-7-37-8-6-11)16-4-2-3-13(17(16)26)19(40)38-18-14(22(28,29)30)9-12(10-15(18)25)21(27,23(31,32)33)24(34,35)36/h2-10H,1H3,(H,38,40). The van der Waals surface area contributed by atoms with Crippen molar-refractivity contribution in [1.29, 1.82) is 0 Å². The molecule has 1 heterocycles. The van der Waals surface area contributed by atoms with Crippen LogP contribution in [0.1, 0.15) is 31.8 Å². The average molecular weight is 664 g/mol. The van der Waals surface area contributed by atoms with E-state index in [1.54, 1.807) is 5.32 Å². The van der Waals surface area contributed by atoms with Crippen LogP contribution in [0.15, 0.2) is 59.3 Å². The molecule has 0 aliphatic rings. The molecule has 0 fully saturated rings. The van der Waals surface area contributed by atoms with Crippen molar-refractivity contribution in [2.24, 2.45) is 0 Å². The van der Waals surface area contributed by atoms with E-state index in [2.05, 4.69) is 20.9 Å². The van der Waals surface area contributed by atoms with Crippen molar-refractivity contribution in [3.05, 3.63) is 87.4 Å². The molecule has 0 aliphatic carbocycles. The molecule has 220 valence electrons. The second-order valence-electron chi connectivity index (χ2n) is 8.23. The number of carbonyl (C=O) groups excluding carboxylic acids is 2. The lowest BCUT2D eigenvalue weighted by Gasteiger charge is -2.31. The maximum atomic E-state index is 15.3. The van der Waals surface area contributed by atoms with Gasteiger partial charge in [0.25, 0.3) is 11.8 Å². The van der Waals surface area contributed by atoms with Gasteiger partial charge in [-0.15, -0.1) is 0 Å². The first-order chi connectivity index (χ1) is 18.7. The molecule has 0 unspecified atom stereocenters. The molecule has 0 saturated heterocycles. The predicted molar refractivity (Wildman–Crippen MR) is 125 cm³/mol. The van der Waals surface area contributed by atoms with Crippen LogP contribution in [0.2, 0.25) is 0 Å². The van der Waals surface area contributed by atoms with E-state index in [0.29, 0.717) is 0 Å². The van der Waals surface area contributed by atoms with Crippen molar-refractivity contribution in [3.8, 4) is 0 Å². The van der Waals surface area contributed by atoms with Gasteiger partial charge in [-0.1, -0.05) is 6.07 Å². The van der Waals surface area contributed by atoms with Crippen LogP contribution in [0.5, 0.6) is 0 Å². The number of halogens is 12. The highest BCUT2D eigenvalue weighted by Crippen LogP contribution is 2.55. The van der Waals surface area contributed by atoms with Crippen LogP contribution < -0.4 is 10.2 Å². The Morgan fingerprint density at radius 2 is 1.44 bits per heavy atom. The highest BCUT2D eigenvalue weighted by atomic mass is 79.9. The molecular formula is C24H13BrF11N3O2. The molecule has 0 aliphatic heterocycles. The van der Waals surface area contributed by atoms with Crippen LogP contribution in [0.4, 0.5) is 59.7 Å². The Kier molecular flexibility index (Phi) is 8.45. The van der Waals surface area contributed by atoms with Gasteiger partial charge in [-0.05, 0) is 52.3 Å². The number of benzene rings is 2. The topological polar surface area (TPSA) is 62.3 Å². The monoisotopic (exact) mass is 663 g/mol. The van der Waals surface area contributed by atoms with Crippen molar-refractivity contribution in [2.45, 2.75) is 24.2 Å². The minimum Gasteiger partial charge on any atom is -0.320 e. The first kappa shape index (κ1) is 31.8. The summed E-state index contributed by atoms with van der Waals surface area (Å²) < 4.78 is 149. The van der Waals surface area contributed by atoms with E-state index >= 15 is 4.39 Å². The lowest BCUT2D eigenvalue weighted by Crippen LogP contribution is -2.50. The summed E-state index contributed by atoms with van der Waals surface area (Å²) in [5, 5.41) is 1.58. The SMILES string of the molecule is CN(C(=O)c1ccncc1)c1cccc(C(=O)Nc2c(Br)cc(C(F)(C(F)(F)F)C(F)(F)F)cc2C(F)(F)F)c1F. The fraction of sp³-hybridized carbons (Fsp3) is 0.208. The Morgan fingerprint density at radius 1 is 0.878 bits per heavy atom. The summed E-state index contributed by atoms with van der Waals surface area (Å²) in [4.78, 5) is 29.9. The summed E-state index contributed by atoms with van der Waals surface area (Å²) in [5.41, 5.74) is -13.8. The molecule has 3 rings (SSSR count). The van der Waals surface area contributed by atoms with Crippen molar-refractivity contribution in [3.63, 3.8) is 0 Å². The number of hydrogen-bond donors (Lipinski definition) is 1. The van der Waals surface area contributed by atoms with E-state index in [4.69, 9.17) is 0 Å². The molecule has 0 radical (unpaired) electrons. The van der Waals surface area contributed by atoms with Crippen LogP contribution >= 0.6 is 15.9 Å². The first-order valence-corrected chi connectivity index (χ1v) is 11.5. The zero-order chi connectivity index (χ0) is 31.1. The van der Waals surface area contributed by atoms with Gasteiger partial charge in [-0.3, -0.25) is 14.6 Å². The number of alkyl halides is 10. The van der Waals surface area contributed by atoms with Crippen LogP contribution in [-0.2, 0) is 11.8 Å². The van der Waals surface area contributed by atoms with Gasteiger partial charge in [0.05, 0.1) is 22.5 Å². The number of carbonyl (C=O) groups is 2. The average Bonchev–Trinajstić information content (AvgIpc) is 2.86. The van der Waals surface area contributed by atoms with E-state index in [-0.39, 0.29) is 11.6 Å². The lowest BCUT2D eigenvalue weighted by molar-refractivity contribution is -0.348. The summed E-state index contributed by atoms with van der Waals surface area (Å²) in [7, 11) is 1.12. The number of aromatic nitrogens is 1. The number of pyridine rings is 1. The Hall–Kier alpha value is -3.76. The quantitative estimate of drug-likeness (QED) is 0.283. The van der Waals surface area contributed by atoms with Crippen LogP contribution in [-0.4, -0.2) is 36.2 Å². The summed E-state index contributed by atoms with van der Waals surface area (Å²) in [6.07, 6.45) is -16.6. The summed E-state index contributed by atoms with van der Waals surface area (Å²) >= 11 is 2.35. The Balaban J connectivity index is 2.08. The predicted octanol–water partition coefficient (Wildman–Crippen LogP) is 7.82. The normalized spacial score (nSPS) is 12.7. The van der Waals surface area contributed by atoms with E-state index in [0.717, 1.165) is 30.1 Å². The number of nitrogens with one attached hydrogen (secondary N) is 1. The number of anilines is 2.